The average molecular weight is 269 g/mol. The Morgan fingerprint density at radius 1 is 1.53 bits per heavy atom. The number of hydrogen-bond acceptors (Lipinski definition) is 5. The molecule has 0 aromatic carbocycles. The van der Waals surface area contributed by atoms with Crippen LogP contribution < -0.4 is 10.6 Å². The van der Waals surface area contributed by atoms with Gasteiger partial charge in [0.15, 0.2) is 5.84 Å². The van der Waals surface area contributed by atoms with Gasteiger partial charge >= 0.3 is 0 Å². The number of aliphatic hydroxyl groups is 1. The largest absolute Gasteiger partial charge is 0.409 e. The van der Waals surface area contributed by atoms with Gasteiger partial charge in [-0.3, -0.25) is 4.68 Å². The maximum Gasteiger partial charge on any atom is 0.175 e. The van der Waals surface area contributed by atoms with Gasteiger partial charge in [0, 0.05) is 26.2 Å². The molecule has 7 heteroatoms. The maximum atomic E-state index is 9.01. The minimum absolute atomic E-state index is 0.0512. The highest BCUT2D eigenvalue weighted by atomic mass is 16.4. The van der Waals surface area contributed by atoms with E-state index >= 15 is 0 Å². The Hall–Kier alpha value is -1.76. The van der Waals surface area contributed by atoms with E-state index in [-0.39, 0.29) is 18.5 Å². The molecule has 1 heterocycles. The molecule has 1 aromatic rings. The summed E-state index contributed by atoms with van der Waals surface area (Å²) >= 11 is 0. The first-order chi connectivity index (χ1) is 8.93. The van der Waals surface area contributed by atoms with Crippen molar-refractivity contribution in [2.75, 3.05) is 18.1 Å². The van der Waals surface area contributed by atoms with Crippen LogP contribution in [0, 0.1) is 6.92 Å². The SMILES string of the molecule is Cc1nn(C)c(N(CCCO)C(C)C)c1C(N)=NO. The summed E-state index contributed by atoms with van der Waals surface area (Å²) in [6.07, 6.45) is 0.651. The minimum atomic E-state index is 0.0512. The standard InChI is InChI=1S/C12H23N5O2/c1-8(2)17(6-5-7-18)12-10(11(13)15-19)9(3)14-16(12)4/h8,18-19H,5-7H2,1-4H3,(H2,13,15). The molecule has 0 fully saturated rings. The van der Waals surface area contributed by atoms with Crippen LogP contribution in [0.3, 0.4) is 0 Å². The highest BCUT2D eigenvalue weighted by Gasteiger charge is 2.23. The molecule has 1 rings (SSSR count). The second-order valence-corrected chi connectivity index (χ2v) is 4.76. The van der Waals surface area contributed by atoms with E-state index in [9.17, 15) is 0 Å². The van der Waals surface area contributed by atoms with Crippen molar-refractivity contribution in [1.29, 1.82) is 0 Å². The van der Waals surface area contributed by atoms with Gasteiger partial charge in [-0.05, 0) is 27.2 Å². The minimum Gasteiger partial charge on any atom is -0.409 e. The van der Waals surface area contributed by atoms with Crippen LogP contribution in [0.2, 0.25) is 0 Å². The average Bonchev–Trinajstić information content (AvgIpc) is 2.64. The molecule has 0 aliphatic carbocycles. The van der Waals surface area contributed by atoms with E-state index in [0.29, 0.717) is 24.2 Å². The molecule has 0 aliphatic rings. The highest BCUT2D eigenvalue weighted by Crippen LogP contribution is 2.25. The first-order valence-corrected chi connectivity index (χ1v) is 6.33. The first kappa shape index (κ1) is 15.3. The van der Waals surface area contributed by atoms with Gasteiger partial charge in [-0.15, -0.1) is 0 Å². The molecule has 0 aliphatic heterocycles. The van der Waals surface area contributed by atoms with E-state index < -0.39 is 0 Å². The van der Waals surface area contributed by atoms with Crippen molar-refractivity contribution in [3.8, 4) is 0 Å². The molecule has 7 nitrogen and oxygen atoms in total. The monoisotopic (exact) mass is 269 g/mol. The Morgan fingerprint density at radius 2 is 2.16 bits per heavy atom. The van der Waals surface area contributed by atoms with Crippen LogP contribution in [0.5, 0.6) is 0 Å². The van der Waals surface area contributed by atoms with Crippen molar-refractivity contribution in [3.05, 3.63) is 11.3 Å². The normalized spacial score (nSPS) is 12.2. The Kier molecular flexibility index (Phi) is 5.17. The second kappa shape index (κ2) is 6.42. The predicted octanol–water partition coefficient (Wildman–Crippen LogP) is 0.420. The summed E-state index contributed by atoms with van der Waals surface area (Å²) in [5.41, 5.74) is 7.09. The number of hydrogen-bond donors (Lipinski definition) is 3. The Balaban J connectivity index is 3.29. The van der Waals surface area contributed by atoms with Gasteiger partial charge in [0.05, 0.1) is 11.3 Å². The number of rotatable bonds is 6. The van der Waals surface area contributed by atoms with Crippen molar-refractivity contribution >= 4 is 11.7 Å². The van der Waals surface area contributed by atoms with Gasteiger partial charge in [0.25, 0.3) is 0 Å². The van der Waals surface area contributed by atoms with Gasteiger partial charge in [-0.1, -0.05) is 5.16 Å². The number of amidine groups is 1. The summed E-state index contributed by atoms with van der Waals surface area (Å²) in [6, 6.07) is 0.214. The summed E-state index contributed by atoms with van der Waals surface area (Å²) in [5.74, 6) is 0.853. The van der Waals surface area contributed by atoms with Gasteiger partial charge in [-0.25, -0.2) is 0 Å². The van der Waals surface area contributed by atoms with E-state index in [1.807, 2.05) is 14.0 Å². The van der Waals surface area contributed by atoms with Crippen molar-refractivity contribution in [1.82, 2.24) is 9.78 Å². The summed E-state index contributed by atoms with van der Waals surface area (Å²) in [6.45, 7) is 6.73. The molecular weight excluding hydrogens is 246 g/mol. The van der Waals surface area contributed by atoms with E-state index in [4.69, 9.17) is 16.0 Å². The fourth-order valence-electron chi connectivity index (χ4n) is 2.18. The summed E-state index contributed by atoms with van der Waals surface area (Å²) in [5, 5.41) is 25.3. The highest BCUT2D eigenvalue weighted by molar-refractivity contribution is 6.02. The number of aromatic nitrogens is 2. The third-order valence-corrected chi connectivity index (χ3v) is 3.01. The number of aliphatic hydroxyl groups excluding tert-OH is 1. The Morgan fingerprint density at radius 3 is 2.63 bits per heavy atom. The Bertz CT molecular complexity index is 453. The topological polar surface area (TPSA) is 99.9 Å². The van der Waals surface area contributed by atoms with Crippen molar-refractivity contribution in [3.63, 3.8) is 0 Å². The molecule has 0 spiro atoms. The zero-order valence-electron chi connectivity index (χ0n) is 12.0. The molecule has 0 bridgehead atoms. The fourth-order valence-corrected chi connectivity index (χ4v) is 2.18. The van der Waals surface area contributed by atoms with Gasteiger partial charge in [-0.2, -0.15) is 5.10 Å². The molecule has 0 radical (unpaired) electrons. The molecule has 4 N–H and O–H groups in total. The molecule has 0 saturated carbocycles. The van der Waals surface area contributed by atoms with Gasteiger partial charge in [0.1, 0.15) is 5.82 Å². The van der Waals surface area contributed by atoms with Crippen LogP contribution in [0.1, 0.15) is 31.5 Å². The summed E-state index contributed by atoms with van der Waals surface area (Å²) in [7, 11) is 1.82. The van der Waals surface area contributed by atoms with Crippen molar-refractivity contribution in [2.24, 2.45) is 17.9 Å². The van der Waals surface area contributed by atoms with E-state index in [0.717, 1.165) is 5.82 Å². The lowest BCUT2D eigenvalue weighted by molar-refractivity contribution is 0.288. The number of oxime groups is 1. The van der Waals surface area contributed by atoms with E-state index in [2.05, 4.69) is 29.0 Å². The second-order valence-electron chi connectivity index (χ2n) is 4.76. The number of anilines is 1. The van der Waals surface area contributed by atoms with Crippen LogP contribution in [-0.2, 0) is 7.05 Å². The predicted molar refractivity (Wildman–Crippen MR) is 74.6 cm³/mol. The third-order valence-electron chi connectivity index (χ3n) is 3.01. The summed E-state index contributed by atoms with van der Waals surface area (Å²) in [4.78, 5) is 2.09. The zero-order valence-corrected chi connectivity index (χ0v) is 12.0. The Labute approximate surface area is 113 Å². The van der Waals surface area contributed by atoms with Crippen LogP contribution in [0.4, 0.5) is 5.82 Å². The molecule has 0 amide bonds. The molecule has 1 aromatic heterocycles. The molecule has 108 valence electrons. The lowest BCUT2D eigenvalue weighted by atomic mass is 10.2. The fraction of sp³-hybridized carbons (Fsp3) is 0.667. The van der Waals surface area contributed by atoms with Gasteiger partial charge < -0.3 is 20.9 Å². The third kappa shape index (κ3) is 3.17. The zero-order chi connectivity index (χ0) is 14.6. The number of nitrogens with zero attached hydrogens (tertiary/aromatic N) is 4. The van der Waals surface area contributed by atoms with Gasteiger partial charge in [0.2, 0.25) is 0 Å². The maximum absolute atomic E-state index is 9.01. The molecular formula is C12H23N5O2. The number of nitrogens with two attached hydrogens (primary N) is 1. The van der Waals surface area contributed by atoms with Crippen LogP contribution in [0.25, 0.3) is 0 Å². The van der Waals surface area contributed by atoms with Crippen LogP contribution in [0.15, 0.2) is 5.16 Å². The van der Waals surface area contributed by atoms with Crippen molar-refractivity contribution < 1.29 is 10.3 Å². The summed E-state index contributed by atoms with van der Waals surface area (Å²) < 4.78 is 1.72. The molecule has 19 heavy (non-hydrogen) atoms. The quantitative estimate of drug-likeness (QED) is 0.301. The molecule has 0 unspecified atom stereocenters. The molecule has 0 saturated heterocycles. The van der Waals surface area contributed by atoms with Crippen molar-refractivity contribution in [2.45, 2.75) is 33.2 Å². The van der Waals surface area contributed by atoms with Crippen LogP contribution in [-0.4, -0.2) is 45.1 Å². The smallest absolute Gasteiger partial charge is 0.175 e. The lowest BCUT2D eigenvalue weighted by Crippen LogP contribution is -2.35. The molecule has 0 atom stereocenters. The van der Waals surface area contributed by atoms with Crippen LogP contribution >= 0.6 is 0 Å². The van der Waals surface area contributed by atoms with E-state index in [1.54, 1.807) is 4.68 Å². The lowest BCUT2D eigenvalue weighted by Gasteiger charge is -2.29. The first-order valence-electron chi connectivity index (χ1n) is 6.33. The number of aryl methyl sites for hydroxylation is 2. The van der Waals surface area contributed by atoms with E-state index in [1.165, 1.54) is 0 Å².